The summed E-state index contributed by atoms with van der Waals surface area (Å²) in [4.78, 5) is 11.6. The highest BCUT2D eigenvalue weighted by atomic mass is 79.9. The molecule has 94 valence electrons. The third-order valence-corrected chi connectivity index (χ3v) is 2.76. The molecule has 1 heterocycles. The first-order valence-electron chi connectivity index (χ1n) is 5.38. The molecule has 0 saturated carbocycles. The molecule has 18 heavy (non-hydrogen) atoms. The summed E-state index contributed by atoms with van der Waals surface area (Å²) in [6.45, 7) is 2.46. The Labute approximate surface area is 112 Å². The third kappa shape index (κ3) is 2.92. The highest BCUT2D eigenvalue weighted by molar-refractivity contribution is 9.10. The third-order valence-electron chi connectivity index (χ3n) is 2.24. The van der Waals surface area contributed by atoms with Gasteiger partial charge in [0, 0.05) is 4.47 Å². The second-order valence-corrected chi connectivity index (χ2v) is 4.42. The lowest BCUT2D eigenvalue weighted by Gasteiger charge is -2.04. The number of esters is 1. The second kappa shape index (κ2) is 5.72. The minimum atomic E-state index is -0.514. The molecule has 0 amide bonds. The van der Waals surface area contributed by atoms with E-state index in [2.05, 4.69) is 31.5 Å². The zero-order valence-electron chi connectivity index (χ0n) is 9.71. The van der Waals surface area contributed by atoms with Crippen molar-refractivity contribution < 1.29 is 9.53 Å². The standard InChI is InChI=1S/C11H11BrN4O2/c1-2-18-11(17)10-13-14-15-16(10)7-8-3-5-9(12)6-4-8/h3-6H,2,7H2,1H3. The molecule has 0 spiro atoms. The van der Waals surface area contributed by atoms with Gasteiger partial charge in [-0.3, -0.25) is 0 Å². The van der Waals surface area contributed by atoms with Crippen molar-refractivity contribution in [3.63, 3.8) is 0 Å². The van der Waals surface area contributed by atoms with Crippen molar-refractivity contribution in [1.29, 1.82) is 0 Å². The van der Waals surface area contributed by atoms with Crippen molar-refractivity contribution in [3.05, 3.63) is 40.1 Å². The molecule has 0 fully saturated rings. The summed E-state index contributed by atoms with van der Waals surface area (Å²) in [6, 6.07) is 7.70. The van der Waals surface area contributed by atoms with E-state index < -0.39 is 5.97 Å². The summed E-state index contributed by atoms with van der Waals surface area (Å²) in [7, 11) is 0. The van der Waals surface area contributed by atoms with Gasteiger partial charge in [-0.2, -0.15) is 0 Å². The van der Waals surface area contributed by atoms with Crippen molar-refractivity contribution in [3.8, 4) is 0 Å². The van der Waals surface area contributed by atoms with Crippen LogP contribution in [0.3, 0.4) is 0 Å². The number of aromatic nitrogens is 4. The monoisotopic (exact) mass is 310 g/mol. The minimum Gasteiger partial charge on any atom is -0.460 e. The van der Waals surface area contributed by atoms with Crippen molar-refractivity contribution in [1.82, 2.24) is 20.2 Å². The van der Waals surface area contributed by atoms with E-state index in [9.17, 15) is 4.79 Å². The number of tetrazole rings is 1. The van der Waals surface area contributed by atoms with Gasteiger partial charge in [0.25, 0.3) is 5.82 Å². The highest BCUT2D eigenvalue weighted by Crippen LogP contribution is 2.11. The summed E-state index contributed by atoms with van der Waals surface area (Å²) in [6.07, 6.45) is 0. The number of carbonyl (C=O) groups excluding carboxylic acids is 1. The zero-order chi connectivity index (χ0) is 13.0. The van der Waals surface area contributed by atoms with Crippen LogP contribution >= 0.6 is 15.9 Å². The average Bonchev–Trinajstić information content (AvgIpc) is 2.81. The van der Waals surface area contributed by atoms with Gasteiger partial charge in [-0.1, -0.05) is 28.1 Å². The number of benzene rings is 1. The minimum absolute atomic E-state index is 0.111. The number of halogens is 1. The summed E-state index contributed by atoms with van der Waals surface area (Å²) < 4.78 is 7.29. The maximum absolute atomic E-state index is 11.6. The van der Waals surface area contributed by atoms with Crippen LogP contribution < -0.4 is 0 Å². The molecule has 0 radical (unpaired) electrons. The maximum Gasteiger partial charge on any atom is 0.378 e. The number of nitrogens with zero attached hydrogens (tertiary/aromatic N) is 4. The number of hydrogen-bond acceptors (Lipinski definition) is 5. The number of carbonyl (C=O) groups is 1. The lowest BCUT2D eigenvalue weighted by molar-refractivity contribution is 0.0505. The van der Waals surface area contributed by atoms with Crippen LogP contribution in [-0.4, -0.2) is 32.8 Å². The van der Waals surface area contributed by atoms with Gasteiger partial charge in [0.05, 0.1) is 13.2 Å². The fraction of sp³-hybridized carbons (Fsp3) is 0.273. The van der Waals surface area contributed by atoms with E-state index in [0.717, 1.165) is 10.0 Å². The molecule has 0 aliphatic heterocycles. The Hall–Kier alpha value is -1.76. The van der Waals surface area contributed by atoms with Gasteiger partial charge in [0.15, 0.2) is 0 Å². The van der Waals surface area contributed by atoms with Gasteiger partial charge in [-0.05, 0) is 35.0 Å². The molecule has 0 unspecified atom stereocenters. The van der Waals surface area contributed by atoms with Crippen LogP contribution in [0.5, 0.6) is 0 Å². The van der Waals surface area contributed by atoms with Crippen molar-refractivity contribution in [2.75, 3.05) is 6.61 Å². The van der Waals surface area contributed by atoms with E-state index in [1.165, 1.54) is 4.68 Å². The molecular weight excluding hydrogens is 300 g/mol. The Morgan fingerprint density at radius 3 is 2.78 bits per heavy atom. The van der Waals surface area contributed by atoms with Crippen molar-refractivity contribution in [2.24, 2.45) is 0 Å². The highest BCUT2D eigenvalue weighted by Gasteiger charge is 2.16. The quantitative estimate of drug-likeness (QED) is 0.803. The maximum atomic E-state index is 11.6. The van der Waals surface area contributed by atoms with Gasteiger partial charge < -0.3 is 4.74 Å². The van der Waals surface area contributed by atoms with Crippen LogP contribution in [0, 0.1) is 0 Å². The molecule has 2 aromatic rings. The summed E-state index contributed by atoms with van der Waals surface area (Å²) in [5, 5.41) is 10.9. The number of ether oxygens (including phenoxy) is 1. The Morgan fingerprint density at radius 2 is 2.11 bits per heavy atom. The molecule has 0 N–H and O–H groups in total. The van der Waals surface area contributed by atoms with Crippen LogP contribution in [0.4, 0.5) is 0 Å². The first-order valence-corrected chi connectivity index (χ1v) is 6.17. The van der Waals surface area contributed by atoms with Crippen LogP contribution in [0.25, 0.3) is 0 Å². The largest absolute Gasteiger partial charge is 0.460 e. The molecule has 1 aromatic heterocycles. The van der Waals surface area contributed by atoms with E-state index in [-0.39, 0.29) is 5.82 Å². The molecule has 0 aliphatic carbocycles. The first kappa shape index (κ1) is 12.7. The Balaban J connectivity index is 2.17. The van der Waals surface area contributed by atoms with Crippen LogP contribution in [0.1, 0.15) is 23.1 Å². The van der Waals surface area contributed by atoms with Crippen molar-refractivity contribution in [2.45, 2.75) is 13.5 Å². The van der Waals surface area contributed by atoms with E-state index >= 15 is 0 Å². The van der Waals surface area contributed by atoms with Crippen LogP contribution in [0.15, 0.2) is 28.7 Å². The molecule has 0 saturated heterocycles. The van der Waals surface area contributed by atoms with Gasteiger partial charge in [-0.15, -0.1) is 5.10 Å². The fourth-order valence-electron chi connectivity index (χ4n) is 1.42. The summed E-state index contributed by atoms with van der Waals surface area (Å²) in [5.74, 6) is -0.403. The Morgan fingerprint density at radius 1 is 1.39 bits per heavy atom. The van der Waals surface area contributed by atoms with Crippen molar-refractivity contribution >= 4 is 21.9 Å². The van der Waals surface area contributed by atoms with Gasteiger partial charge in [0.1, 0.15) is 0 Å². The SMILES string of the molecule is CCOC(=O)c1nnnn1Cc1ccc(Br)cc1. The van der Waals surface area contributed by atoms with E-state index in [0.29, 0.717) is 13.2 Å². The lowest BCUT2D eigenvalue weighted by atomic mass is 10.2. The number of rotatable bonds is 4. The normalized spacial score (nSPS) is 10.3. The topological polar surface area (TPSA) is 69.9 Å². The van der Waals surface area contributed by atoms with Gasteiger partial charge in [0.2, 0.25) is 0 Å². The van der Waals surface area contributed by atoms with E-state index in [4.69, 9.17) is 4.74 Å². The summed E-state index contributed by atoms with van der Waals surface area (Å²) in [5.41, 5.74) is 0.996. The van der Waals surface area contributed by atoms with E-state index in [1.807, 2.05) is 24.3 Å². The summed E-state index contributed by atoms with van der Waals surface area (Å²) >= 11 is 3.36. The lowest BCUT2D eigenvalue weighted by Crippen LogP contribution is -2.15. The predicted octanol–water partition coefficient (Wildman–Crippen LogP) is 1.66. The molecule has 2 rings (SSSR count). The molecule has 7 heteroatoms. The molecule has 1 aromatic carbocycles. The van der Waals surface area contributed by atoms with Gasteiger partial charge in [-0.25, -0.2) is 9.48 Å². The molecule has 0 atom stereocenters. The molecule has 0 bridgehead atoms. The zero-order valence-corrected chi connectivity index (χ0v) is 11.3. The van der Waals surface area contributed by atoms with Crippen LogP contribution in [-0.2, 0) is 11.3 Å². The van der Waals surface area contributed by atoms with Crippen LogP contribution in [0.2, 0.25) is 0 Å². The Kier molecular flexibility index (Phi) is 4.03. The first-order chi connectivity index (χ1) is 8.70. The fourth-order valence-corrected chi connectivity index (χ4v) is 1.68. The predicted molar refractivity (Wildman–Crippen MR) is 67.0 cm³/mol. The molecule has 6 nitrogen and oxygen atoms in total. The second-order valence-electron chi connectivity index (χ2n) is 3.51. The van der Waals surface area contributed by atoms with Gasteiger partial charge >= 0.3 is 5.97 Å². The Bertz CT molecular complexity index is 538. The van der Waals surface area contributed by atoms with E-state index in [1.54, 1.807) is 6.92 Å². The molecule has 0 aliphatic rings. The number of hydrogen-bond donors (Lipinski definition) is 0. The molecular formula is C11H11BrN4O2. The average molecular weight is 311 g/mol. The smallest absolute Gasteiger partial charge is 0.378 e.